The van der Waals surface area contributed by atoms with E-state index in [1.165, 1.54) is 25.3 Å². The monoisotopic (exact) mass is 231 g/mol. The maximum absolute atomic E-state index is 12.7. The first-order valence-electron chi connectivity index (χ1n) is 4.32. The third-order valence-electron chi connectivity index (χ3n) is 1.73. The summed E-state index contributed by atoms with van der Waals surface area (Å²) in [5.74, 6) is 0.132. The largest absolute Gasteiger partial charge is 0.491 e. The fourth-order valence-corrected chi connectivity index (χ4v) is 1.17. The molecular weight excluding hydrogens is 221 g/mol. The van der Waals surface area contributed by atoms with Gasteiger partial charge in [-0.3, -0.25) is 5.41 Å². The maximum atomic E-state index is 12.7. The number of hydrogen-bond acceptors (Lipinski definition) is 3. The molecule has 5 heteroatoms. The molecule has 0 heterocycles. The standard InChI is InChI=1S/C10H11ClFNO2/c1-14-10(13)4-5-15-9-3-2-7(12)6-8(9)11/h2-3,6,13H,4-5H2,1H3. The molecule has 0 aliphatic carbocycles. The Morgan fingerprint density at radius 3 is 2.87 bits per heavy atom. The topological polar surface area (TPSA) is 42.3 Å². The van der Waals surface area contributed by atoms with Gasteiger partial charge in [0.1, 0.15) is 11.6 Å². The van der Waals surface area contributed by atoms with Gasteiger partial charge in [0, 0.05) is 0 Å². The van der Waals surface area contributed by atoms with Crippen LogP contribution in [0.2, 0.25) is 5.02 Å². The average molecular weight is 232 g/mol. The number of hydrogen-bond donors (Lipinski definition) is 1. The van der Waals surface area contributed by atoms with E-state index in [2.05, 4.69) is 4.74 Å². The quantitative estimate of drug-likeness (QED) is 0.640. The van der Waals surface area contributed by atoms with Gasteiger partial charge in [0.2, 0.25) is 0 Å². The zero-order valence-corrected chi connectivity index (χ0v) is 8.97. The summed E-state index contributed by atoms with van der Waals surface area (Å²) in [6.07, 6.45) is 0.351. The molecule has 0 aliphatic rings. The zero-order valence-electron chi connectivity index (χ0n) is 8.22. The van der Waals surface area contributed by atoms with Gasteiger partial charge in [-0.15, -0.1) is 0 Å². The molecule has 1 rings (SSSR count). The van der Waals surface area contributed by atoms with Crippen LogP contribution < -0.4 is 4.74 Å². The summed E-state index contributed by atoms with van der Waals surface area (Å²) < 4.78 is 22.6. The minimum Gasteiger partial charge on any atom is -0.491 e. The fraction of sp³-hybridized carbons (Fsp3) is 0.300. The van der Waals surface area contributed by atoms with Crippen molar-refractivity contribution in [3.05, 3.63) is 29.0 Å². The molecular formula is C10H11ClFNO2. The molecule has 1 N–H and O–H groups in total. The number of rotatable bonds is 4. The molecule has 1 aromatic rings. The molecule has 0 bridgehead atoms. The minimum atomic E-state index is -0.406. The van der Waals surface area contributed by atoms with Gasteiger partial charge in [0.05, 0.1) is 25.2 Å². The molecule has 0 aromatic heterocycles. The van der Waals surface area contributed by atoms with Crippen LogP contribution in [-0.2, 0) is 4.74 Å². The first-order valence-corrected chi connectivity index (χ1v) is 4.70. The lowest BCUT2D eigenvalue weighted by Crippen LogP contribution is -2.07. The van der Waals surface area contributed by atoms with Crippen LogP contribution in [0.3, 0.4) is 0 Å². The van der Waals surface area contributed by atoms with Crippen molar-refractivity contribution in [1.29, 1.82) is 5.41 Å². The Bertz CT molecular complexity index is 357. The summed E-state index contributed by atoms with van der Waals surface area (Å²) >= 11 is 5.73. The molecule has 0 unspecified atom stereocenters. The molecule has 3 nitrogen and oxygen atoms in total. The van der Waals surface area contributed by atoms with Gasteiger partial charge in [-0.2, -0.15) is 0 Å². The van der Waals surface area contributed by atoms with Crippen LogP contribution >= 0.6 is 11.6 Å². The molecule has 0 amide bonds. The SMILES string of the molecule is COC(=N)CCOc1ccc(F)cc1Cl. The van der Waals surface area contributed by atoms with E-state index in [9.17, 15) is 4.39 Å². The van der Waals surface area contributed by atoms with E-state index in [1.54, 1.807) is 0 Å². The van der Waals surface area contributed by atoms with Gasteiger partial charge in [-0.25, -0.2) is 4.39 Å². The highest BCUT2D eigenvalue weighted by atomic mass is 35.5. The Morgan fingerprint density at radius 1 is 1.53 bits per heavy atom. The highest BCUT2D eigenvalue weighted by Gasteiger charge is 2.03. The number of nitrogens with one attached hydrogen (secondary N) is 1. The number of halogens is 2. The Hall–Kier alpha value is -1.29. The predicted octanol–water partition coefficient (Wildman–Crippen LogP) is 2.87. The normalized spacial score (nSPS) is 9.80. The van der Waals surface area contributed by atoms with Gasteiger partial charge in [0.15, 0.2) is 5.90 Å². The second-order valence-electron chi connectivity index (χ2n) is 2.80. The fourth-order valence-electron chi connectivity index (χ4n) is 0.948. The van der Waals surface area contributed by atoms with Crippen LogP contribution in [-0.4, -0.2) is 19.6 Å². The Labute approximate surface area is 92.3 Å². The first kappa shape index (κ1) is 11.8. The van der Waals surface area contributed by atoms with Crippen LogP contribution in [0.5, 0.6) is 5.75 Å². The van der Waals surface area contributed by atoms with Crippen LogP contribution in [0, 0.1) is 11.2 Å². The molecule has 0 atom stereocenters. The zero-order chi connectivity index (χ0) is 11.3. The number of ether oxygens (including phenoxy) is 2. The highest BCUT2D eigenvalue weighted by molar-refractivity contribution is 6.32. The van der Waals surface area contributed by atoms with Gasteiger partial charge in [0.25, 0.3) is 0 Å². The number of methoxy groups -OCH3 is 1. The van der Waals surface area contributed by atoms with E-state index in [0.717, 1.165) is 0 Å². The van der Waals surface area contributed by atoms with Crippen LogP contribution in [0.25, 0.3) is 0 Å². The predicted molar refractivity (Wildman–Crippen MR) is 56.3 cm³/mol. The Kier molecular flexibility index (Phi) is 4.37. The van der Waals surface area contributed by atoms with Crippen molar-refractivity contribution in [2.45, 2.75) is 6.42 Å². The number of benzene rings is 1. The van der Waals surface area contributed by atoms with E-state index in [4.69, 9.17) is 21.7 Å². The Balaban J connectivity index is 2.47. The Morgan fingerprint density at radius 2 is 2.27 bits per heavy atom. The van der Waals surface area contributed by atoms with E-state index in [0.29, 0.717) is 12.2 Å². The lowest BCUT2D eigenvalue weighted by Gasteiger charge is -2.07. The van der Waals surface area contributed by atoms with Crippen molar-refractivity contribution in [1.82, 2.24) is 0 Å². The minimum absolute atomic E-state index is 0.133. The van der Waals surface area contributed by atoms with Gasteiger partial charge < -0.3 is 9.47 Å². The highest BCUT2D eigenvalue weighted by Crippen LogP contribution is 2.24. The average Bonchev–Trinajstić information content (AvgIpc) is 2.21. The van der Waals surface area contributed by atoms with Gasteiger partial charge in [-0.05, 0) is 18.2 Å². The smallest absolute Gasteiger partial charge is 0.183 e. The maximum Gasteiger partial charge on any atom is 0.183 e. The molecule has 15 heavy (non-hydrogen) atoms. The van der Waals surface area contributed by atoms with Gasteiger partial charge >= 0.3 is 0 Å². The summed E-state index contributed by atoms with van der Waals surface area (Å²) in [7, 11) is 1.42. The molecule has 0 aliphatic heterocycles. The van der Waals surface area contributed by atoms with Crippen LogP contribution in [0.15, 0.2) is 18.2 Å². The van der Waals surface area contributed by atoms with Crippen LogP contribution in [0.1, 0.15) is 6.42 Å². The molecule has 0 radical (unpaired) electrons. The van der Waals surface area contributed by atoms with Crippen molar-refractivity contribution in [3.8, 4) is 5.75 Å². The third-order valence-corrected chi connectivity index (χ3v) is 2.02. The summed E-state index contributed by atoms with van der Waals surface area (Å²) in [5.41, 5.74) is 0. The van der Waals surface area contributed by atoms with Crippen LogP contribution in [0.4, 0.5) is 4.39 Å². The third kappa shape index (κ3) is 3.75. The molecule has 0 saturated heterocycles. The van der Waals surface area contributed by atoms with E-state index in [-0.39, 0.29) is 17.5 Å². The van der Waals surface area contributed by atoms with Crippen molar-refractivity contribution < 1.29 is 13.9 Å². The summed E-state index contributed by atoms with van der Waals surface area (Å²) in [6, 6.07) is 3.90. The lowest BCUT2D eigenvalue weighted by atomic mass is 10.3. The first-order chi connectivity index (χ1) is 7.13. The second-order valence-corrected chi connectivity index (χ2v) is 3.21. The second kappa shape index (κ2) is 5.56. The van der Waals surface area contributed by atoms with E-state index in [1.807, 2.05) is 0 Å². The summed E-state index contributed by atoms with van der Waals surface area (Å²) in [6.45, 7) is 0.276. The van der Waals surface area contributed by atoms with Crippen molar-refractivity contribution >= 4 is 17.5 Å². The van der Waals surface area contributed by atoms with Crippen molar-refractivity contribution in [2.75, 3.05) is 13.7 Å². The molecule has 0 spiro atoms. The van der Waals surface area contributed by atoms with Crippen molar-refractivity contribution in [3.63, 3.8) is 0 Å². The lowest BCUT2D eigenvalue weighted by molar-refractivity contribution is 0.307. The molecule has 0 saturated carbocycles. The van der Waals surface area contributed by atoms with Gasteiger partial charge in [-0.1, -0.05) is 11.6 Å². The molecule has 0 fully saturated rings. The summed E-state index contributed by atoms with van der Waals surface area (Å²) in [5, 5.41) is 7.42. The van der Waals surface area contributed by atoms with E-state index < -0.39 is 5.82 Å². The summed E-state index contributed by atoms with van der Waals surface area (Å²) in [4.78, 5) is 0. The molecule has 82 valence electrons. The van der Waals surface area contributed by atoms with E-state index >= 15 is 0 Å². The molecule has 1 aromatic carbocycles. The van der Waals surface area contributed by atoms with Crippen molar-refractivity contribution in [2.24, 2.45) is 0 Å².